The molecule has 0 radical (unpaired) electrons. The Balaban J connectivity index is 1.54. The third kappa shape index (κ3) is 2.96. The minimum absolute atomic E-state index is 0.112. The Labute approximate surface area is 149 Å². The van der Waals surface area contributed by atoms with Crippen LogP contribution in [-0.4, -0.2) is 18.5 Å². The zero-order valence-corrected chi connectivity index (χ0v) is 14.3. The molecule has 2 atom stereocenters. The molecular formula is C19H16ClNO4. The van der Waals surface area contributed by atoms with Crippen molar-refractivity contribution in [2.75, 3.05) is 12.1 Å². The Morgan fingerprint density at radius 2 is 1.88 bits per heavy atom. The first-order valence-corrected chi connectivity index (χ1v) is 8.42. The zero-order valence-electron chi connectivity index (χ0n) is 13.5. The van der Waals surface area contributed by atoms with Gasteiger partial charge < -0.3 is 14.8 Å². The second-order valence-corrected chi connectivity index (χ2v) is 6.67. The van der Waals surface area contributed by atoms with Crippen molar-refractivity contribution >= 4 is 29.0 Å². The van der Waals surface area contributed by atoms with E-state index in [1.165, 1.54) is 6.92 Å². The molecule has 25 heavy (non-hydrogen) atoms. The van der Waals surface area contributed by atoms with E-state index in [4.69, 9.17) is 21.1 Å². The fraction of sp³-hybridized carbons (Fsp3) is 0.263. The second-order valence-electron chi connectivity index (χ2n) is 6.27. The van der Waals surface area contributed by atoms with Gasteiger partial charge in [-0.25, -0.2) is 0 Å². The highest BCUT2D eigenvalue weighted by Gasteiger charge is 2.45. The van der Waals surface area contributed by atoms with E-state index in [2.05, 4.69) is 5.32 Å². The summed E-state index contributed by atoms with van der Waals surface area (Å²) in [5.74, 6) is 0.745. The fourth-order valence-electron chi connectivity index (χ4n) is 3.17. The maximum Gasteiger partial charge on any atom is 0.231 e. The quantitative estimate of drug-likeness (QED) is 0.839. The van der Waals surface area contributed by atoms with Crippen LogP contribution in [0.2, 0.25) is 5.02 Å². The predicted molar refractivity (Wildman–Crippen MR) is 93.5 cm³/mol. The Bertz CT molecular complexity index is 880. The van der Waals surface area contributed by atoms with Crippen molar-refractivity contribution in [3.63, 3.8) is 0 Å². The molecule has 2 aromatic rings. The molecule has 5 nitrogen and oxygen atoms in total. The van der Waals surface area contributed by atoms with Gasteiger partial charge in [0.05, 0.1) is 5.69 Å². The monoisotopic (exact) mass is 357 g/mol. The number of hydrogen-bond donors (Lipinski definition) is 1. The highest BCUT2D eigenvalue weighted by Crippen LogP contribution is 2.50. The van der Waals surface area contributed by atoms with E-state index >= 15 is 0 Å². The van der Waals surface area contributed by atoms with Gasteiger partial charge in [-0.2, -0.15) is 0 Å². The number of Topliss-reactive ketones (excluding diaryl/α,β-unsaturated/α-hetero) is 1. The van der Waals surface area contributed by atoms with Gasteiger partial charge in [0.1, 0.15) is 0 Å². The van der Waals surface area contributed by atoms with E-state index in [9.17, 15) is 9.59 Å². The summed E-state index contributed by atoms with van der Waals surface area (Å²) in [6, 6.07) is 10.8. The summed E-state index contributed by atoms with van der Waals surface area (Å²) in [7, 11) is 0. The first-order chi connectivity index (χ1) is 12.0. The number of amides is 1. The number of carbonyl (C=O) groups excluding carboxylic acids is 2. The summed E-state index contributed by atoms with van der Waals surface area (Å²) >= 11 is 6.21. The van der Waals surface area contributed by atoms with Gasteiger partial charge in [0.2, 0.25) is 12.7 Å². The molecule has 0 saturated heterocycles. The van der Waals surface area contributed by atoms with E-state index in [0.29, 0.717) is 27.8 Å². The molecule has 1 amide bonds. The lowest BCUT2D eigenvalue weighted by molar-refractivity contribution is -0.117. The number of benzene rings is 2. The summed E-state index contributed by atoms with van der Waals surface area (Å²) in [4.78, 5) is 24.5. The van der Waals surface area contributed by atoms with Crippen LogP contribution < -0.4 is 14.8 Å². The lowest BCUT2D eigenvalue weighted by Gasteiger charge is -2.11. The van der Waals surface area contributed by atoms with E-state index in [1.807, 2.05) is 24.3 Å². The molecule has 1 saturated carbocycles. The molecule has 1 N–H and O–H groups in total. The number of nitrogens with one attached hydrogen (secondary N) is 1. The van der Waals surface area contributed by atoms with Gasteiger partial charge in [0.25, 0.3) is 0 Å². The molecule has 128 valence electrons. The lowest BCUT2D eigenvalue weighted by atomic mass is 10.1. The number of ether oxygens (including phenoxy) is 2. The summed E-state index contributed by atoms with van der Waals surface area (Å²) in [6.07, 6.45) is 0.746. The smallest absolute Gasteiger partial charge is 0.231 e. The minimum Gasteiger partial charge on any atom is -0.454 e. The maximum atomic E-state index is 12.6. The number of rotatable bonds is 4. The van der Waals surface area contributed by atoms with E-state index in [0.717, 1.165) is 12.0 Å². The second kappa shape index (κ2) is 6.08. The van der Waals surface area contributed by atoms with Crippen LogP contribution in [0.5, 0.6) is 11.5 Å². The number of carbonyl (C=O) groups is 2. The number of anilines is 1. The van der Waals surface area contributed by atoms with Gasteiger partial charge in [0, 0.05) is 22.6 Å². The van der Waals surface area contributed by atoms with Gasteiger partial charge in [0.15, 0.2) is 17.3 Å². The van der Waals surface area contributed by atoms with Crippen molar-refractivity contribution in [1.82, 2.24) is 0 Å². The molecule has 6 heteroatoms. The van der Waals surface area contributed by atoms with Crippen LogP contribution in [0.25, 0.3) is 0 Å². The number of fused-ring (bicyclic) bond motifs is 1. The molecule has 2 aromatic carbocycles. The maximum absolute atomic E-state index is 12.6. The van der Waals surface area contributed by atoms with Crippen LogP contribution in [0, 0.1) is 5.92 Å². The number of halogens is 1. The average Bonchev–Trinajstić information content (AvgIpc) is 3.25. The standard InChI is InChI=1S/C19H16ClNO4/c1-10(22)12-7-17-18(25-9-24-17)8-16(12)21-19(23)14-6-13(14)11-4-2-3-5-15(11)20/h2-5,7-8,13-14H,6,9H2,1H3,(H,21,23)/t13-,14+/m0/s1. The number of hydrogen-bond acceptors (Lipinski definition) is 4. The predicted octanol–water partition coefficient (Wildman–Crippen LogP) is 4.01. The molecule has 1 heterocycles. The SMILES string of the molecule is CC(=O)c1cc2c(cc1NC(=O)[C@@H]1C[C@H]1c1ccccc1Cl)OCO2. The van der Waals surface area contributed by atoms with Crippen LogP contribution in [0.1, 0.15) is 35.2 Å². The van der Waals surface area contributed by atoms with E-state index < -0.39 is 0 Å². The summed E-state index contributed by atoms with van der Waals surface area (Å²) in [5, 5.41) is 3.54. The molecule has 0 spiro atoms. The van der Waals surface area contributed by atoms with Crippen molar-refractivity contribution in [3.8, 4) is 11.5 Å². The third-order valence-electron chi connectivity index (χ3n) is 4.58. The van der Waals surface area contributed by atoms with Gasteiger partial charge in [-0.1, -0.05) is 29.8 Å². The molecule has 4 rings (SSSR count). The van der Waals surface area contributed by atoms with E-state index in [1.54, 1.807) is 12.1 Å². The van der Waals surface area contributed by atoms with Gasteiger partial charge >= 0.3 is 0 Å². The normalized spacial score (nSPS) is 20.2. The van der Waals surface area contributed by atoms with Crippen LogP contribution in [0.15, 0.2) is 36.4 Å². The summed E-state index contributed by atoms with van der Waals surface area (Å²) < 4.78 is 10.6. The third-order valence-corrected chi connectivity index (χ3v) is 4.93. The van der Waals surface area contributed by atoms with Crippen molar-refractivity contribution in [3.05, 3.63) is 52.5 Å². The van der Waals surface area contributed by atoms with Crippen molar-refractivity contribution in [2.45, 2.75) is 19.3 Å². The zero-order chi connectivity index (χ0) is 17.6. The van der Waals surface area contributed by atoms with Crippen LogP contribution in [-0.2, 0) is 4.79 Å². The van der Waals surface area contributed by atoms with Crippen molar-refractivity contribution in [1.29, 1.82) is 0 Å². The van der Waals surface area contributed by atoms with Crippen molar-refractivity contribution in [2.24, 2.45) is 5.92 Å². The van der Waals surface area contributed by atoms with Crippen molar-refractivity contribution < 1.29 is 19.1 Å². The highest BCUT2D eigenvalue weighted by molar-refractivity contribution is 6.31. The topological polar surface area (TPSA) is 64.6 Å². The molecular weight excluding hydrogens is 342 g/mol. The van der Waals surface area contributed by atoms with Gasteiger partial charge in [-0.15, -0.1) is 0 Å². The molecule has 1 aliphatic heterocycles. The lowest BCUT2D eigenvalue weighted by Crippen LogP contribution is -2.16. The summed E-state index contributed by atoms with van der Waals surface area (Å²) in [5.41, 5.74) is 1.85. The molecule has 2 aliphatic rings. The molecule has 1 aliphatic carbocycles. The van der Waals surface area contributed by atoms with Crippen LogP contribution in [0.3, 0.4) is 0 Å². The molecule has 1 fully saturated rings. The van der Waals surface area contributed by atoms with Crippen LogP contribution >= 0.6 is 11.6 Å². The van der Waals surface area contributed by atoms with E-state index in [-0.39, 0.29) is 30.3 Å². The first kappa shape index (κ1) is 16.0. The highest BCUT2D eigenvalue weighted by atomic mass is 35.5. The molecule has 0 aromatic heterocycles. The Hall–Kier alpha value is -2.53. The van der Waals surface area contributed by atoms with Gasteiger partial charge in [-0.05, 0) is 37.0 Å². The first-order valence-electron chi connectivity index (χ1n) is 8.04. The number of ketones is 1. The van der Waals surface area contributed by atoms with Gasteiger partial charge in [-0.3, -0.25) is 9.59 Å². The Morgan fingerprint density at radius 1 is 1.16 bits per heavy atom. The Morgan fingerprint density at radius 3 is 2.60 bits per heavy atom. The fourth-order valence-corrected chi connectivity index (χ4v) is 3.44. The Kier molecular flexibility index (Phi) is 3.88. The summed E-state index contributed by atoms with van der Waals surface area (Å²) in [6.45, 7) is 1.57. The van der Waals surface area contributed by atoms with Crippen LogP contribution in [0.4, 0.5) is 5.69 Å². The average molecular weight is 358 g/mol. The minimum atomic E-state index is -0.148. The molecule has 0 unspecified atom stereocenters. The molecule has 0 bridgehead atoms. The largest absolute Gasteiger partial charge is 0.454 e.